The van der Waals surface area contributed by atoms with Crippen LogP contribution < -0.4 is 16.0 Å². The third kappa shape index (κ3) is 11.4. The van der Waals surface area contributed by atoms with Crippen molar-refractivity contribution in [2.45, 2.75) is 22.3 Å². The average Bonchev–Trinajstić information content (AvgIpc) is 3.29. The lowest BCUT2D eigenvalue weighted by Crippen LogP contribution is -2.46. The number of anilines is 2. The van der Waals surface area contributed by atoms with E-state index in [-0.39, 0.29) is 28.1 Å². The maximum absolute atomic E-state index is 13.4. The van der Waals surface area contributed by atoms with E-state index in [4.69, 9.17) is 10.5 Å². The fourth-order valence-electron chi connectivity index (χ4n) is 7.49. The van der Waals surface area contributed by atoms with Crippen molar-refractivity contribution in [1.82, 2.24) is 9.80 Å². The molecule has 2 fully saturated rings. The number of ether oxygens (including phenoxy) is 1. The van der Waals surface area contributed by atoms with Crippen molar-refractivity contribution >= 4 is 50.3 Å². The number of amidine groups is 1. The normalized spacial score (nSPS) is 15.9. The number of nitrogens with two attached hydrogens (primary N) is 1. The molecule has 0 radical (unpaired) electrons. The van der Waals surface area contributed by atoms with Gasteiger partial charge in [0.2, 0.25) is 0 Å². The van der Waals surface area contributed by atoms with Crippen molar-refractivity contribution in [2.24, 2.45) is 10.1 Å². The highest BCUT2D eigenvalue weighted by atomic mass is 32.2. The van der Waals surface area contributed by atoms with E-state index in [0.717, 1.165) is 69.7 Å². The van der Waals surface area contributed by atoms with Gasteiger partial charge in [-0.05, 0) is 71.7 Å². The predicted molar refractivity (Wildman–Crippen MR) is 243 cm³/mol. The van der Waals surface area contributed by atoms with Crippen molar-refractivity contribution in [1.29, 1.82) is 0 Å². The van der Waals surface area contributed by atoms with Gasteiger partial charge in [-0.25, -0.2) is 0 Å². The van der Waals surface area contributed by atoms with Crippen LogP contribution in [0.5, 0.6) is 0 Å². The van der Waals surface area contributed by atoms with Crippen LogP contribution in [0.15, 0.2) is 154 Å². The van der Waals surface area contributed by atoms with Gasteiger partial charge in [-0.15, -0.1) is 16.2 Å². The van der Waals surface area contributed by atoms with Gasteiger partial charge in [-0.2, -0.15) is 8.42 Å². The third-order valence-electron chi connectivity index (χ3n) is 10.8. The van der Waals surface area contributed by atoms with Crippen LogP contribution in [0, 0.1) is 10.1 Å². The number of thioether (sulfide) groups is 1. The van der Waals surface area contributed by atoms with Crippen LogP contribution in [0.4, 0.5) is 17.1 Å². The van der Waals surface area contributed by atoms with Gasteiger partial charge < -0.3 is 20.7 Å². The largest absolute Gasteiger partial charge is 0.383 e. The van der Waals surface area contributed by atoms with Crippen LogP contribution in [-0.4, -0.2) is 106 Å². The highest BCUT2D eigenvalue weighted by molar-refractivity contribution is 7.99. The zero-order chi connectivity index (χ0) is 41.7. The van der Waals surface area contributed by atoms with Crippen molar-refractivity contribution < 1.29 is 18.1 Å². The molecule has 2 saturated heterocycles. The fourth-order valence-corrected chi connectivity index (χ4v) is 9.58. The van der Waals surface area contributed by atoms with E-state index in [9.17, 15) is 18.5 Å². The lowest BCUT2D eigenvalue weighted by Gasteiger charge is -2.35. The number of piperazine rings is 1. The summed E-state index contributed by atoms with van der Waals surface area (Å²) in [6, 6.07) is 42.5. The number of sulfonamides is 1. The Morgan fingerprint density at radius 2 is 1.43 bits per heavy atom. The minimum Gasteiger partial charge on any atom is -0.383 e. The van der Waals surface area contributed by atoms with Gasteiger partial charge in [0.15, 0.2) is 0 Å². The van der Waals surface area contributed by atoms with Gasteiger partial charge in [0, 0.05) is 86.4 Å². The van der Waals surface area contributed by atoms with Crippen molar-refractivity contribution in [3.05, 3.63) is 166 Å². The number of nitrogens with zero attached hydrogens (tertiary/aromatic N) is 5. The van der Waals surface area contributed by atoms with Crippen LogP contribution >= 0.6 is 11.8 Å². The number of morpholine rings is 1. The lowest BCUT2D eigenvalue weighted by molar-refractivity contribution is -0.384. The molecule has 2 heterocycles. The molecule has 2 aliphatic heterocycles. The standard InChI is InChI=1S/C46H51N7O5S2/c47-46(38-16-18-39(19-17-38)51-28-26-50(27-29-51)25-23-43(36-10-4-1-5-11-36)37-12-6-2-7-13-37)49-60(56,57)42-20-21-44(45(34-42)53(54)55)48-24-22-40(52-30-32-58-33-31-52)35-59-41-14-8-3-9-15-41/h1-21,23,34,40,48H,22,24-33,35H2,(H2,47,49). The number of hydrogen-bond donors (Lipinski definition) is 2. The molecule has 2 aliphatic rings. The van der Waals surface area contributed by atoms with E-state index in [1.807, 2.05) is 42.5 Å². The summed E-state index contributed by atoms with van der Waals surface area (Å²) < 4.78 is 36.3. The minimum atomic E-state index is -4.36. The van der Waals surface area contributed by atoms with Crippen LogP contribution in [-0.2, 0) is 14.8 Å². The lowest BCUT2D eigenvalue weighted by atomic mass is 9.97. The van der Waals surface area contributed by atoms with Gasteiger partial charge in [-0.1, -0.05) is 84.9 Å². The monoisotopic (exact) mass is 845 g/mol. The summed E-state index contributed by atoms with van der Waals surface area (Å²) in [6.45, 7) is 7.73. The summed E-state index contributed by atoms with van der Waals surface area (Å²) in [4.78, 5) is 19.6. The average molecular weight is 846 g/mol. The van der Waals surface area contributed by atoms with Gasteiger partial charge in [0.1, 0.15) is 11.5 Å². The Morgan fingerprint density at radius 1 is 0.817 bits per heavy atom. The Hall–Kier alpha value is -5.51. The number of nitro groups is 1. The van der Waals surface area contributed by atoms with Gasteiger partial charge in [0.25, 0.3) is 15.7 Å². The Balaban J connectivity index is 0.949. The molecule has 60 heavy (non-hydrogen) atoms. The maximum atomic E-state index is 13.4. The molecule has 0 saturated carbocycles. The Kier molecular flexibility index (Phi) is 14.7. The number of nitrogens with one attached hydrogen (secondary N) is 1. The molecule has 0 amide bonds. The van der Waals surface area contributed by atoms with E-state index < -0.39 is 14.9 Å². The molecule has 1 atom stereocenters. The number of benzene rings is 5. The Morgan fingerprint density at radius 3 is 2.05 bits per heavy atom. The highest BCUT2D eigenvalue weighted by Gasteiger charge is 2.25. The summed E-state index contributed by atoms with van der Waals surface area (Å²) in [5.41, 5.74) is 11.2. The molecular formula is C46H51N7O5S2. The molecule has 14 heteroatoms. The van der Waals surface area contributed by atoms with E-state index in [2.05, 4.69) is 91.2 Å². The van der Waals surface area contributed by atoms with Gasteiger partial charge >= 0.3 is 0 Å². The van der Waals surface area contributed by atoms with Crippen LogP contribution in [0.1, 0.15) is 23.1 Å². The molecule has 5 aromatic rings. The zero-order valence-corrected chi connectivity index (χ0v) is 35.1. The summed E-state index contributed by atoms with van der Waals surface area (Å²) in [7, 11) is -4.36. The van der Waals surface area contributed by atoms with Gasteiger partial charge in [0.05, 0.1) is 23.0 Å². The van der Waals surface area contributed by atoms with Crippen LogP contribution in [0.2, 0.25) is 0 Å². The SMILES string of the molecule is NC(=NS(=O)(=O)c1ccc(NCCC(CSc2ccccc2)N2CCOCC2)c([N+](=O)[O-])c1)c1ccc(N2CCN(CC=C(c3ccccc3)c3ccccc3)CC2)cc1. The van der Waals surface area contributed by atoms with Crippen molar-refractivity contribution in [3.8, 4) is 0 Å². The molecule has 1 unspecified atom stereocenters. The van der Waals surface area contributed by atoms with Crippen molar-refractivity contribution in [2.75, 3.05) is 81.5 Å². The quantitative estimate of drug-likeness (QED) is 0.0321. The smallest absolute Gasteiger partial charge is 0.293 e. The van der Waals surface area contributed by atoms with E-state index in [0.29, 0.717) is 25.3 Å². The summed E-state index contributed by atoms with van der Waals surface area (Å²) in [5, 5.41) is 15.4. The first-order valence-electron chi connectivity index (χ1n) is 20.2. The molecular weight excluding hydrogens is 795 g/mol. The fraction of sp³-hybridized carbons (Fsp3) is 0.283. The van der Waals surface area contributed by atoms with Crippen LogP contribution in [0.3, 0.4) is 0 Å². The third-order valence-corrected chi connectivity index (χ3v) is 13.3. The second kappa shape index (κ2) is 20.6. The number of rotatable bonds is 17. The molecule has 7 rings (SSSR count). The first kappa shape index (κ1) is 42.6. The Bertz CT molecular complexity index is 2290. The second-order valence-corrected chi connectivity index (χ2v) is 17.4. The first-order chi connectivity index (χ1) is 29.2. The van der Waals surface area contributed by atoms with Crippen molar-refractivity contribution in [3.63, 3.8) is 0 Å². The minimum absolute atomic E-state index is 0.196. The van der Waals surface area contributed by atoms with E-state index in [1.165, 1.54) is 33.7 Å². The zero-order valence-electron chi connectivity index (χ0n) is 33.5. The topological polar surface area (TPSA) is 147 Å². The van der Waals surface area contributed by atoms with Crippen LogP contribution in [0.25, 0.3) is 5.57 Å². The Labute approximate surface area is 357 Å². The molecule has 312 valence electrons. The molecule has 0 spiro atoms. The number of nitro benzene ring substituents is 1. The summed E-state index contributed by atoms with van der Waals surface area (Å²) in [6.07, 6.45) is 3.04. The molecule has 0 bridgehead atoms. The second-order valence-electron chi connectivity index (χ2n) is 14.7. The molecule has 0 aromatic heterocycles. The van der Waals surface area contributed by atoms with E-state index in [1.54, 1.807) is 23.9 Å². The number of hydrogen-bond acceptors (Lipinski definition) is 10. The first-order valence-corrected chi connectivity index (χ1v) is 22.7. The molecule has 3 N–H and O–H groups in total. The molecule has 0 aliphatic carbocycles. The highest BCUT2D eigenvalue weighted by Crippen LogP contribution is 2.30. The molecule has 12 nitrogen and oxygen atoms in total. The predicted octanol–water partition coefficient (Wildman–Crippen LogP) is 7.24. The maximum Gasteiger partial charge on any atom is 0.293 e. The summed E-state index contributed by atoms with van der Waals surface area (Å²) >= 11 is 1.78. The molecule has 5 aromatic carbocycles. The summed E-state index contributed by atoms with van der Waals surface area (Å²) in [5.74, 6) is 0.660. The van der Waals surface area contributed by atoms with Gasteiger partial charge in [-0.3, -0.25) is 19.9 Å². The van der Waals surface area contributed by atoms with E-state index >= 15 is 0 Å².